The van der Waals surface area contributed by atoms with Crippen LogP contribution in [0.5, 0.6) is 0 Å². The second-order valence-electron chi connectivity index (χ2n) is 8.00. The zero-order valence-electron chi connectivity index (χ0n) is 17.3. The highest BCUT2D eigenvalue weighted by Crippen LogP contribution is 2.44. The Labute approximate surface area is 176 Å². The molecule has 158 valence electrons. The molecule has 0 radical (unpaired) electrons. The molecule has 4 rings (SSSR count). The molecule has 2 fully saturated rings. The van der Waals surface area contributed by atoms with Crippen LogP contribution >= 0.6 is 0 Å². The molecule has 30 heavy (non-hydrogen) atoms. The molecule has 0 spiro atoms. The van der Waals surface area contributed by atoms with Crippen LogP contribution in [0.15, 0.2) is 54.6 Å². The molecule has 2 aromatic rings. The van der Waals surface area contributed by atoms with Gasteiger partial charge in [0, 0.05) is 0 Å². The van der Waals surface area contributed by atoms with E-state index in [4.69, 9.17) is 4.84 Å². The molecule has 0 bridgehead atoms. The van der Waals surface area contributed by atoms with E-state index in [1.165, 1.54) is 24.3 Å². The predicted molar refractivity (Wildman–Crippen MR) is 113 cm³/mol. The van der Waals surface area contributed by atoms with E-state index in [1.807, 2.05) is 30.3 Å². The molecule has 2 amide bonds. The van der Waals surface area contributed by atoms with Crippen molar-refractivity contribution in [3.63, 3.8) is 0 Å². The number of hydrogen-bond donors (Lipinski definition) is 0. The summed E-state index contributed by atoms with van der Waals surface area (Å²) in [6.07, 6.45) is 3.12. The second kappa shape index (κ2) is 8.56. The lowest BCUT2D eigenvalue weighted by molar-refractivity contribution is -0.126. The third-order valence-electron chi connectivity index (χ3n) is 6.19. The summed E-state index contributed by atoms with van der Waals surface area (Å²) >= 11 is 0. The first-order valence-electron chi connectivity index (χ1n) is 10.7. The van der Waals surface area contributed by atoms with Crippen molar-refractivity contribution >= 4 is 23.2 Å². The molecular formula is C24H27FN2O3. The van der Waals surface area contributed by atoms with E-state index in [0.717, 1.165) is 36.3 Å². The molecule has 4 atom stereocenters. The van der Waals surface area contributed by atoms with Gasteiger partial charge in [0.2, 0.25) is 5.91 Å². The van der Waals surface area contributed by atoms with E-state index in [0.29, 0.717) is 5.69 Å². The van der Waals surface area contributed by atoms with Crippen molar-refractivity contribution in [2.75, 3.05) is 9.96 Å². The minimum Gasteiger partial charge on any atom is -0.273 e. The van der Waals surface area contributed by atoms with Crippen molar-refractivity contribution in [3.05, 3.63) is 60.4 Å². The van der Waals surface area contributed by atoms with Gasteiger partial charge in [0.1, 0.15) is 5.82 Å². The van der Waals surface area contributed by atoms with Gasteiger partial charge in [-0.15, -0.1) is 0 Å². The normalized spacial score (nSPS) is 24.4. The fourth-order valence-corrected chi connectivity index (χ4v) is 4.66. The van der Waals surface area contributed by atoms with Crippen molar-refractivity contribution in [3.8, 4) is 0 Å². The van der Waals surface area contributed by atoms with Gasteiger partial charge in [-0.3, -0.25) is 14.4 Å². The molecule has 0 aromatic heterocycles. The van der Waals surface area contributed by atoms with Crippen LogP contribution in [0, 0.1) is 17.7 Å². The number of para-hydroxylation sites is 1. The molecule has 2 aliphatic rings. The Morgan fingerprint density at radius 3 is 2.30 bits per heavy atom. The zero-order valence-corrected chi connectivity index (χ0v) is 17.3. The van der Waals surface area contributed by atoms with Crippen molar-refractivity contribution in [1.82, 2.24) is 0 Å². The SMILES string of the molecule is CCCC[C@@H](CC)[C@H]1[C@H]2C(=O)N(c3ccc(F)cc3)C(=O)[C@@H]2ON1c1ccccc1. The molecule has 2 aromatic carbocycles. The van der Waals surface area contributed by atoms with Gasteiger partial charge in [0.25, 0.3) is 5.91 Å². The van der Waals surface area contributed by atoms with E-state index < -0.39 is 17.8 Å². The van der Waals surface area contributed by atoms with Crippen molar-refractivity contribution in [2.45, 2.75) is 51.7 Å². The summed E-state index contributed by atoms with van der Waals surface area (Å²) in [7, 11) is 0. The number of fused-ring (bicyclic) bond motifs is 1. The van der Waals surface area contributed by atoms with Crippen LogP contribution in [0.2, 0.25) is 0 Å². The van der Waals surface area contributed by atoms with Crippen LogP contribution < -0.4 is 9.96 Å². The number of amides is 2. The van der Waals surface area contributed by atoms with Crippen molar-refractivity contribution < 1.29 is 18.8 Å². The Kier molecular flexibility index (Phi) is 5.86. The third-order valence-corrected chi connectivity index (χ3v) is 6.19. The second-order valence-corrected chi connectivity index (χ2v) is 8.00. The molecule has 0 saturated carbocycles. The standard InChI is InChI=1S/C24H27FN2O3/c1-3-5-9-16(4-2)21-20-22(30-27(21)19-10-7-6-8-11-19)24(29)26(23(20)28)18-14-12-17(25)13-15-18/h6-8,10-16,20-22H,3-5,9H2,1-2H3/t16-,20-,21+,22-/m1/s1. The van der Waals surface area contributed by atoms with E-state index >= 15 is 0 Å². The van der Waals surface area contributed by atoms with Gasteiger partial charge >= 0.3 is 0 Å². The molecule has 0 aliphatic carbocycles. The first kappa shape index (κ1) is 20.5. The highest BCUT2D eigenvalue weighted by Gasteiger charge is 2.61. The largest absolute Gasteiger partial charge is 0.273 e. The number of nitrogens with zero attached hydrogens (tertiary/aromatic N) is 2. The Balaban J connectivity index is 1.71. The maximum Gasteiger partial charge on any atom is 0.266 e. The number of carbonyl (C=O) groups excluding carboxylic acids is 2. The number of halogens is 1. The summed E-state index contributed by atoms with van der Waals surface area (Å²) in [4.78, 5) is 34.0. The zero-order chi connectivity index (χ0) is 21.3. The number of hydrogen-bond acceptors (Lipinski definition) is 4. The average molecular weight is 410 g/mol. The average Bonchev–Trinajstić information content (AvgIpc) is 3.27. The minimum atomic E-state index is -0.858. The summed E-state index contributed by atoms with van der Waals surface area (Å²) in [6.45, 7) is 4.27. The molecule has 2 saturated heterocycles. The van der Waals surface area contributed by atoms with Crippen LogP contribution in [0.25, 0.3) is 0 Å². The lowest BCUT2D eigenvalue weighted by Gasteiger charge is -2.33. The Morgan fingerprint density at radius 2 is 1.67 bits per heavy atom. The first-order valence-corrected chi connectivity index (χ1v) is 10.7. The topological polar surface area (TPSA) is 49.9 Å². The fourth-order valence-electron chi connectivity index (χ4n) is 4.66. The van der Waals surface area contributed by atoms with Gasteiger partial charge in [-0.1, -0.05) is 51.3 Å². The number of hydroxylamine groups is 1. The van der Waals surface area contributed by atoms with Crippen LogP contribution in [-0.4, -0.2) is 24.0 Å². The summed E-state index contributed by atoms with van der Waals surface area (Å²) in [5.41, 5.74) is 1.23. The van der Waals surface area contributed by atoms with E-state index in [2.05, 4.69) is 13.8 Å². The van der Waals surface area contributed by atoms with E-state index in [1.54, 1.807) is 5.06 Å². The summed E-state index contributed by atoms with van der Waals surface area (Å²) in [6, 6.07) is 14.9. The highest BCUT2D eigenvalue weighted by molar-refractivity contribution is 6.23. The molecule has 2 heterocycles. The van der Waals surface area contributed by atoms with Crippen LogP contribution in [0.1, 0.15) is 39.5 Å². The van der Waals surface area contributed by atoms with Crippen LogP contribution in [-0.2, 0) is 14.4 Å². The number of anilines is 2. The number of unbranched alkanes of at least 4 members (excludes halogenated alkanes) is 1. The number of benzene rings is 2. The maximum absolute atomic E-state index is 13.5. The number of carbonyl (C=O) groups is 2. The van der Waals surface area contributed by atoms with Gasteiger partial charge in [-0.05, 0) is 48.7 Å². The smallest absolute Gasteiger partial charge is 0.266 e. The minimum absolute atomic E-state index is 0.213. The Bertz CT molecular complexity index is 902. The monoisotopic (exact) mass is 410 g/mol. The summed E-state index contributed by atoms with van der Waals surface area (Å²) in [5, 5.41) is 1.79. The molecule has 6 heteroatoms. The molecule has 0 N–H and O–H groups in total. The van der Waals surface area contributed by atoms with Gasteiger partial charge in [0.15, 0.2) is 6.10 Å². The van der Waals surface area contributed by atoms with E-state index in [-0.39, 0.29) is 23.8 Å². The Hall–Kier alpha value is -2.73. The lowest BCUT2D eigenvalue weighted by atomic mass is 9.82. The quantitative estimate of drug-likeness (QED) is 0.620. The number of imide groups is 1. The Morgan fingerprint density at radius 1 is 0.967 bits per heavy atom. The summed E-state index contributed by atoms with van der Waals surface area (Å²) in [5.74, 6) is -1.43. The lowest BCUT2D eigenvalue weighted by Crippen LogP contribution is -2.44. The molecular weight excluding hydrogens is 383 g/mol. The van der Waals surface area contributed by atoms with Gasteiger partial charge in [-0.2, -0.15) is 0 Å². The molecule has 2 aliphatic heterocycles. The number of rotatable bonds is 7. The summed E-state index contributed by atoms with van der Waals surface area (Å²) < 4.78 is 13.3. The first-order chi connectivity index (χ1) is 14.6. The van der Waals surface area contributed by atoms with Gasteiger partial charge < -0.3 is 0 Å². The maximum atomic E-state index is 13.5. The van der Waals surface area contributed by atoms with Crippen molar-refractivity contribution in [1.29, 1.82) is 0 Å². The highest BCUT2D eigenvalue weighted by atomic mass is 19.1. The van der Waals surface area contributed by atoms with Crippen molar-refractivity contribution in [2.24, 2.45) is 11.8 Å². The molecule has 5 nitrogen and oxygen atoms in total. The molecule has 0 unspecified atom stereocenters. The third kappa shape index (κ3) is 3.49. The van der Waals surface area contributed by atoms with Crippen LogP contribution in [0.3, 0.4) is 0 Å². The van der Waals surface area contributed by atoms with Crippen LogP contribution in [0.4, 0.5) is 15.8 Å². The van der Waals surface area contributed by atoms with E-state index in [9.17, 15) is 14.0 Å². The predicted octanol–water partition coefficient (Wildman–Crippen LogP) is 4.72. The van der Waals surface area contributed by atoms with Gasteiger partial charge in [-0.25, -0.2) is 14.4 Å². The fraction of sp³-hybridized carbons (Fsp3) is 0.417. The van der Waals surface area contributed by atoms with Gasteiger partial charge in [0.05, 0.1) is 23.3 Å².